The second-order valence-electron chi connectivity index (χ2n) is 7.69. The number of hydrogen-bond acceptors (Lipinski definition) is 6. The zero-order valence-electron chi connectivity index (χ0n) is 17.4. The van der Waals surface area contributed by atoms with E-state index in [1.54, 1.807) is 25.6 Å². The third-order valence-corrected chi connectivity index (χ3v) is 5.02. The van der Waals surface area contributed by atoms with E-state index < -0.39 is 11.6 Å². The first-order valence-electron chi connectivity index (χ1n) is 9.32. The summed E-state index contributed by atoms with van der Waals surface area (Å²) in [6.07, 6.45) is 4.60. The number of methoxy groups -OCH3 is 1. The smallest absolute Gasteiger partial charge is 0.272 e. The number of rotatable bonds is 6. The van der Waals surface area contributed by atoms with Gasteiger partial charge >= 0.3 is 0 Å². The average Bonchev–Trinajstić information content (AvgIpc) is 3.04. The van der Waals surface area contributed by atoms with Crippen LogP contribution in [0.4, 0.5) is 0 Å². The van der Waals surface area contributed by atoms with Crippen molar-refractivity contribution in [2.45, 2.75) is 52.3 Å². The number of aromatic nitrogens is 5. The third kappa shape index (κ3) is 4.23. The van der Waals surface area contributed by atoms with Crippen molar-refractivity contribution in [3.63, 3.8) is 0 Å². The summed E-state index contributed by atoms with van der Waals surface area (Å²) in [5.41, 5.74) is 1.55. The number of nitrogens with zero attached hydrogens (tertiary/aromatic N) is 5. The highest BCUT2D eigenvalue weighted by atomic mass is 35.5. The lowest BCUT2D eigenvalue weighted by Crippen LogP contribution is -2.45. The van der Waals surface area contributed by atoms with Crippen molar-refractivity contribution < 1.29 is 9.53 Å². The molecule has 0 spiro atoms. The molecule has 1 N–H and O–H groups in total. The summed E-state index contributed by atoms with van der Waals surface area (Å²) in [6, 6.07) is 1.24. The molecule has 0 saturated carbocycles. The summed E-state index contributed by atoms with van der Waals surface area (Å²) in [7, 11) is 1.60. The van der Waals surface area contributed by atoms with E-state index in [1.165, 1.54) is 6.20 Å². The molecular formula is C20H25ClN6O2. The van der Waals surface area contributed by atoms with E-state index in [4.69, 9.17) is 21.3 Å². The van der Waals surface area contributed by atoms with Crippen LogP contribution >= 0.6 is 11.6 Å². The molecule has 0 bridgehead atoms. The van der Waals surface area contributed by atoms with Crippen molar-refractivity contribution in [2.24, 2.45) is 0 Å². The largest absolute Gasteiger partial charge is 0.376 e. The molecule has 0 radical (unpaired) electrons. The minimum absolute atomic E-state index is 0.0508. The van der Waals surface area contributed by atoms with Crippen LogP contribution in [0.25, 0.3) is 11.2 Å². The van der Waals surface area contributed by atoms with Crippen molar-refractivity contribution in [3.8, 4) is 0 Å². The average molecular weight is 417 g/mol. The highest BCUT2D eigenvalue weighted by Crippen LogP contribution is 2.32. The predicted octanol–water partition coefficient (Wildman–Crippen LogP) is 3.66. The topological polar surface area (TPSA) is 94.8 Å². The van der Waals surface area contributed by atoms with Crippen molar-refractivity contribution in [1.29, 1.82) is 0 Å². The van der Waals surface area contributed by atoms with Crippen LogP contribution in [-0.2, 0) is 4.74 Å². The number of nitrogens with one attached hydrogen (secondary N) is 1. The number of halogens is 1. The molecule has 0 saturated heterocycles. The van der Waals surface area contributed by atoms with E-state index in [1.807, 2.05) is 39.2 Å². The molecular weight excluding hydrogens is 392 g/mol. The second-order valence-corrected chi connectivity index (χ2v) is 8.12. The Balaban J connectivity index is 2.11. The summed E-state index contributed by atoms with van der Waals surface area (Å²) >= 11 is 6.11. The molecule has 1 unspecified atom stereocenters. The number of imidazole rings is 1. The van der Waals surface area contributed by atoms with E-state index in [2.05, 4.69) is 20.3 Å². The normalized spacial score (nSPS) is 13.1. The van der Waals surface area contributed by atoms with Gasteiger partial charge in [0, 0.05) is 25.5 Å². The van der Waals surface area contributed by atoms with Gasteiger partial charge < -0.3 is 14.6 Å². The number of carbonyl (C=O) groups is 1. The summed E-state index contributed by atoms with van der Waals surface area (Å²) < 4.78 is 7.70. The van der Waals surface area contributed by atoms with Crippen molar-refractivity contribution in [2.75, 3.05) is 7.11 Å². The van der Waals surface area contributed by atoms with Crippen LogP contribution in [0.5, 0.6) is 0 Å². The minimum Gasteiger partial charge on any atom is -0.376 e. The molecule has 0 aliphatic rings. The van der Waals surface area contributed by atoms with E-state index in [0.29, 0.717) is 22.0 Å². The highest BCUT2D eigenvalue weighted by molar-refractivity contribution is 6.31. The lowest BCUT2D eigenvalue weighted by Gasteiger charge is -2.34. The monoisotopic (exact) mass is 416 g/mol. The van der Waals surface area contributed by atoms with Gasteiger partial charge in [0.05, 0.1) is 22.5 Å². The zero-order chi connectivity index (χ0) is 21.3. The van der Waals surface area contributed by atoms with Crippen LogP contribution < -0.4 is 5.32 Å². The molecule has 0 fully saturated rings. The van der Waals surface area contributed by atoms with Crippen molar-refractivity contribution in [1.82, 2.24) is 29.8 Å². The Morgan fingerprint density at radius 2 is 1.93 bits per heavy atom. The molecule has 0 aromatic carbocycles. The number of hydrogen-bond donors (Lipinski definition) is 1. The number of carbonyl (C=O) groups excluding carboxylic acids is 1. The molecule has 0 aliphatic carbocycles. The highest BCUT2D eigenvalue weighted by Gasteiger charge is 2.37. The molecule has 0 aliphatic heterocycles. The molecule has 3 rings (SSSR count). The Bertz CT molecular complexity index is 1030. The fraction of sp³-hybridized carbons (Fsp3) is 0.450. The first-order valence-corrected chi connectivity index (χ1v) is 9.70. The first-order chi connectivity index (χ1) is 13.6. The lowest BCUT2D eigenvalue weighted by atomic mass is 9.97. The summed E-state index contributed by atoms with van der Waals surface area (Å²) in [6.45, 7) is 9.66. The van der Waals surface area contributed by atoms with Gasteiger partial charge in [0.25, 0.3) is 5.91 Å². The van der Waals surface area contributed by atoms with Gasteiger partial charge in [-0.3, -0.25) is 9.78 Å². The van der Waals surface area contributed by atoms with Gasteiger partial charge in [0.2, 0.25) is 0 Å². The van der Waals surface area contributed by atoms with Gasteiger partial charge in [-0.05, 0) is 40.7 Å². The standard InChI is InChI=1S/C20H25ClN6O2/c1-11(2)27-17-14(7-13(21)9-24-17)25-18(27)16(20(4,5)29-6)26-19(28)15-10-22-12(3)8-23-15/h7-11,16H,1-6H3,(H,26,28). The zero-order valence-corrected chi connectivity index (χ0v) is 18.2. The number of ether oxygens (including phenoxy) is 1. The molecule has 3 aromatic rings. The van der Waals surface area contributed by atoms with Gasteiger partial charge in [0.1, 0.15) is 23.1 Å². The van der Waals surface area contributed by atoms with Crippen LogP contribution in [0.3, 0.4) is 0 Å². The molecule has 8 nitrogen and oxygen atoms in total. The van der Waals surface area contributed by atoms with Gasteiger partial charge in [-0.1, -0.05) is 11.6 Å². The molecule has 154 valence electrons. The Hall–Kier alpha value is -2.58. The van der Waals surface area contributed by atoms with Gasteiger partial charge in [0.15, 0.2) is 5.65 Å². The SMILES string of the molecule is COC(C)(C)C(NC(=O)c1cnc(C)cn1)c1nc2cc(Cl)cnc2n1C(C)C. The van der Waals surface area contributed by atoms with Crippen LogP contribution in [0, 0.1) is 6.92 Å². The molecule has 9 heteroatoms. The maximum atomic E-state index is 12.9. The van der Waals surface area contributed by atoms with Crippen LogP contribution in [0.2, 0.25) is 5.02 Å². The Morgan fingerprint density at radius 1 is 1.21 bits per heavy atom. The van der Waals surface area contributed by atoms with Crippen LogP contribution in [-0.4, -0.2) is 43.1 Å². The Kier molecular flexibility index (Phi) is 5.86. The van der Waals surface area contributed by atoms with E-state index >= 15 is 0 Å². The fourth-order valence-electron chi connectivity index (χ4n) is 3.07. The number of aryl methyl sites for hydroxylation is 1. The quantitative estimate of drug-likeness (QED) is 0.658. The Morgan fingerprint density at radius 3 is 2.52 bits per heavy atom. The van der Waals surface area contributed by atoms with Crippen LogP contribution in [0.15, 0.2) is 24.7 Å². The number of amides is 1. The fourth-order valence-corrected chi connectivity index (χ4v) is 3.22. The second kappa shape index (κ2) is 8.04. The summed E-state index contributed by atoms with van der Waals surface area (Å²) in [5.74, 6) is 0.269. The van der Waals surface area contributed by atoms with Gasteiger partial charge in [-0.25, -0.2) is 15.0 Å². The molecule has 3 heterocycles. The Labute approximate surface area is 174 Å². The van der Waals surface area contributed by atoms with Crippen molar-refractivity contribution in [3.05, 3.63) is 46.9 Å². The summed E-state index contributed by atoms with van der Waals surface area (Å²) in [4.78, 5) is 30.4. The molecule has 3 aromatic heterocycles. The van der Waals surface area contributed by atoms with Crippen LogP contribution in [0.1, 0.15) is 61.8 Å². The summed E-state index contributed by atoms with van der Waals surface area (Å²) in [5, 5.41) is 3.52. The minimum atomic E-state index is -0.758. The molecule has 29 heavy (non-hydrogen) atoms. The van der Waals surface area contributed by atoms with Crippen molar-refractivity contribution >= 4 is 28.7 Å². The van der Waals surface area contributed by atoms with E-state index in [0.717, 1.165) is 5.69 Å². The molecule has 1 atom stereocenters. The number of fused-ring (bicyclic) bond motifs is 1. The lowest BCUT2D eigenvalue weighted by molar-refractivity contribution is -0.0134. The van der Waals surface area contributed by atoms with E-state index in [9.17, 15) is 4.79 Å². The molecule has 1 amide bonds. The van der Waals surface area contributed by atoms with Gasteiger partial charge in [-0.2, -0.15) is 0 Å². The van der Waals surface area contributed by atoms with Gasteiger partial charge in [-0.15, -0.1) is 0 Å². The first kappa shape index (κ1) is 21.1. The maximum Gasteiger partial charge on any atom is 0.272 e. The maximum absolute atomic E-state index is 12.9. The predicted molar refractivity (Wildman–Crippen MR) is 111 cm³/mol. The van der Waals surface area contributed by atoms with E-state index in [-0.39, 0.29) is 17.6 Å². The third-order valence-electron chi connectivity index (χ3n) is 4.81. The number of pyridine rings is 1.